The average molecular weight is 512 g/mol. The molecule has 3 N–H and O–H groups in total. The molecule has 13 nitrogen and oxygen atoms in total. The van der Waals surface area contributed by atoms with E-state index in [1.54, 1.807) is 28.8 Å². The summed E-state index contributed by atoms with van der Waals surface area (Å²) < 4.78 is 34.7. The summed E-state index contributed by atoms with van der Waals surface area (Å²) in [5, 5.41) is 9.82. The highest BCUT2D eigenvalue weighted by molar-refractivity contribution is 7.43. The molecule has 1 aromatic carbocycles. The first-order valence-electron chi connectivity index (χ1n) is 10.0. The first kappa shape index (κ1) is 23.1. The Kier molecular flexibility index (Phi) is 6.49. The molecule has 0 bridgehead atoms. The van der Waals surface area contributed by atoms with Crippen LogP contribution in [0.2, 0.25) is 5.28 Å². The number of aromatic nitrogens is 4. The molecule has 1 fully saturated rings. The van der Waals surface area contributed by atoms with E-state index in [-0.39, 0.29) is 17.7 Å². The lowest BCUT2D eigenvalue weighted by Crippen LogP contribution is -2.28. The predicted molar refractivity (Wildman–Crippen MR) is 117 cm³/mol. The van der Waals surface area contributed by atoms with Crippen LogP contribution in [0.3, 0.4) is 0 Å². The highest BCUT2D eigenvalue weighted by atomic mass is 35.5. The standard InChI is InChI=1S/C19H19ClN5O8P/c1-28-19(27)31-12-6-9(7-29-34-32-11-5-3-2-4-10(11)17(26)33-34)30-16(12)25-8-22-13-14(21)23-18(20)24-15(13)25/h2-5,8-9,12,16,19,27H,6-7H2,1H3,(H2,21,23,24)/t9-,12-,16+,19?,34?/m0/s1. The second kappa shape index (κ2) is 9.55. The number of carbonyl (C=O) groups is 1. The van der Waals surface area contributed by atoms with Gasteiger partial charge in [0.1, 0.15) is 22.9 Å². The number of nitrogens with two attached hydrogens (primary N) is 1. The van der Waals surface area contributed by atoms with Gasteiger partial charge in [-0.3, -0.25) is 9.09 Å². The summed E-state index contributed by atoms with van der Waals surface area (Å²) in [6, 6.07) is 6.73. The van der Waals surface area contributed by atoms with E-state index in [0.717, 1.165) is 0 Å². The van der Waals surface area contributed by atoms with Crippen LogP contribution < -0.4 is 10.3 Å². The quantitative estimate of drug-likeness (QED) is 0.270. The lowest BCUT2D eigenvalue weighted by molar-refractivity contribution is -0.279. The van der Waals surface area contributed by atoms with Crippen molar-refractivity contribution < 1.29 is 37.7 Å². The molecule has 0 amide bonds. The number of benzene rings is 1. The number of nitrogens with zero attached hydrogens (tertiary/aromatic N) is 4. The molecule has 180 valence electrons. The number of methoxy groups -OCH3 is 1. The Balaban J connectivity index is 1.32. The normalized spacial score (nSPS) is 25.1. The van der Waals surface area contributed by atoms with Crippen LogP contribution in [0.15, 0.2) is 30.6 Å². The number of hydrogen-bond acceptors (Lipinski definition) is 12. The number of imidazole rings is 1. The minimum Gasteiger partial charge on any atom is -0.417 e. The highest BCUT2D eigenvalue weighted by Gasteiger charge is 2.41. The van der Waals surface area contributed by atoms with Crippen LogP contribution in [0.4, 0.5) is 5.82 Å². The number of ether oxygens (including phenoxy) is 3. The third-order valence-corrected chi connectivity index (χ3v) is 6.33. The van der Waals surface area contributed by atoms with Crippen LogP contribution in [0.25, 0.3) is 11.2 Å². The average Bonchev–Trinajstić information content (AvgIpc) is 3.41. The van der Waals surface area contributed by atoms with Gasteiger partial charge in [0.05, 0.1) is 19.0 Å². The first-order valence-corrected chi connectivity index (χ1v) is 11.5. The molecular formula is C19H19ClN5O8P. The number of rotatable bonds is 7. The minimum absolute atomic E-state index is 0.0189. The molecule has 2 aliphatic rings. The Labute approximate surface area is 198 Å². The van der Waals surface area contributed by atoms with E-state index in [4.69, 9.17) is 45.1 Å². The summed E-state index contributed by atoms with van der Waals surface area (Å²) in [6.45, 7) is -1.47. The molecule has 0 saturated carbocycles. The Bertz CT molecular complexity index is 1210. The van der Waals surface area contributed by atoms with Crippen molar-refractivity contribution in [2.45, 2.75) is 31.3 Å². The number of anilines is 1. The van der Waals surface area contributed by atoms with Crippen molar-refractivity contribution in [3.8, 4) is 5.75 Å². The van der Waals surface area contributed by atoms with Crippen LogP contribution in [0.1, 0.15) is 23.0 Å². The van der Waals surface area contributed by atoms with Crippen molar-refractivity contribution in [2.24, 2.45) is 0 Å². The second-order valence-corrected chi connectivity index (χ2v) is 8.70. The molecule has 5 atom stereocenters. The van der Waals surface area contributed by atoms with Gasteiger partial charge in [-0.05, 0) is 23.7 Å². The van der Waals surface area contributed by atoms with Crippen molar-refractivity contribution in [1.82, 2.24) is 19.5 Å². The molecule has 2 unspecified atom stereocenters. The molecule has 3 aromatic rings. The van der Waals surface area contributed by atoms with Gasteiger partial charge in [-0.25, -0.2) is 9.78 Å². The number of fused-ring (bicyclic) bond motifs is 2. The minimum atomic E-state index is -1.96. The van der Waals surface area contributed by atoms with E-state index in [2.05, 4.69) is 15.0 Å². The molecular weight excluding hydrogens is 493 g/mol. The first-order chi connectivity index (χ1) is 16.4. The molecule has 2 aromatic heterocycles. The molecule has 0 aliphatic carbocycles. The van der Waals surface area contributed by atoms with Gasteiger partial charge in [0.2, 0.25) is 5.28 Å². The zero-order valence-electron chi connectivity index (χ0n) is 17.6. The fourth-order valence-electron chi connectivity index (χ4n) is 3.62. The SMILES string of the molecule is COC(O)O[C@H]1C[C@@H](COP2OC(=O)c3ccccc3O2)O[C@H]1n1cnc2c(N)nc(Cl)nc21. The van der Waals surface area contributed by atoms with Crippen molar-refractivity contribution in [3.05, 3.63) is 41.4 Å². The molecule has 34 heavy (non-hydrogen) atoms. The van der Waals surface area contributed by atoms with E-state index in [1.807, 2.05) is 0 Å². The number of carbonyl (C=O) groups excluding carboxylic acids is 1. The molecule has 15 heteroatoms. The number of hydrogen-bond donors (Lipinski definition) is 2. The number of aliphatic hydroxyl groups excluding tert-OH is 1. The zero-order valence-corrected chi connectivity index (χ0v) is 19.3. The van der Waals surface area contributed by atoms with E-state index >= 15 is 0 Å². The third kappa shape index (κ3) is 4.51. The maximum absolute atomic E-state index is 12.2. The van der Waals surface area contributed by atoms with Crippen molar-refractivity contribution in [3.63, 3.8) is 0 Å². The summed E-state index contributed by atoms with van der Waals surface area (Å²) in [4.78, 5) is 24.5. The van der Waals surface area contributed by atoms with Crippen LogP contribution in [0, 0.1) is 0 Å². The van der Waals surface area contributed by atoms with Gasteiger partial charge in [0.15, 0.2) is 17.7 Å². The third-order valence-electron chi connectivity index (χ3n) is 5.14. The second-order valence-electron chi connectivity index (χ2n) is 7.29. The number of halogens is 1. The molecule has 4 heterocycles. The van der Waals surface area contributed by atoms with Gasteiger partial charge >= 0.3 is 14.6 Å². The van der Waals surface area contributed by atoms with E-state index in [1.165, 1.54) is 13.4 Å². The fraction of sp³-hybridized carbons (Fsp3) is 0.368. The van der Waals surface area contributed by atoms with Crippen LogP contribution in [-0.4, -0.2) is 63.0 Å². The number of aliphatic hydroxyl groups is 1. The van der Waals surface area contributed by atoms with E-state index in [0.29, 0.717) is 28.9 Å². The fourth-order valence-corrected chi connectivity index (χ4v) is 4.78. The van der Waals surface area contributed by atoms with E-state index < -0.39 is 39.5 Å². The lowest BCUT2D eigenvalue weighted by atomic mass is 10.2. The molecule has 1 saturated heterocycles. The topological polar surface area (TPSA) is 162 Å². The van der Waals surface area contributed by atoms with Crippen LogP contribution in [0.5, 0.6) is 5.75 Å². The monoisotopic (exact) mass is 511 g/mol. The van der Waals surface area contributed by atoms with Crippen LogP contribution >= 0.6 is 20.2 Å². The van der Waals surface area contributed by atoms with Gasteiger partial charge in [0, 0.05) is 13.5 Å². The number of nitrogen functional groups attached to an aromatic ring is 1. The van der Waals surface area contributed by atoms with E-state index in [9.17, 15) is 9.90 Å². The Hall–Kier alpha value is -2.64. The zero-order chi connectivity index (χ0) is 23.8. The summed E-state index contributed by atoms with van der Waals surface area (Å²) in [5.74, 6) is -0.0273. The Morgan fingerprint density at radius 3 is 3.00 bits per heavy atom. The predicted octanol–water partition coefficient (Wildman–Crippen LogP) is 2.15. The van der Waals surface area contributed by atoms with Crippen LogP contribution in [-0.2, 0) is 23.3 Å². The van der Waals surface area contributed by atoms with Gasteiger partial charge in [-0.2, -0.15) is 9.97 Å². The van der Waals surface area contributed by atoms with Crippen molar-refractivity contribution in [2.75, 3.05) is 19.5 Å². The van der Waals surface area contributed by atoms with Gasteiger partial charge in [-0.1, -0.05) is 12.1 Å². The number of para-hydroxylation sites is 1. The smallest absolute Gasteiger partial charge is 0.417 e. The largest absolute Gasteiger partial charge is 0.465 e. The lowest BCUT2D eigenvalue weighted by Gasteiger charge is -2.23. The summed E-state index contributed by atoms with van der Waals surface area (Å²) >= 11 is 5.97. The van der Waals surface area contributed by atoms with Crippen molar-refractivity contribution >= 4 is 43.2 Å². The maximum Gasteiger partial charge on any atom is 0.465 e. The summed E-state index contributed by atoms with van der Waals surface area (Å²) in [6.07, 6.45) is -0.223. The Morgan fingerprint density at radius 2 is 2.18 bits per heavy atom. The Morgan fingerprint density at radius 1 is 1.35 bits per heavy atom. The summed E-state index contributed by atoms with van der Waals surface area (Å²) in [5.41, 5.74) is 6.89. The molecule has 2 aliphatic heterocycles. The molecule has 5 rings (SSSR count). The maximum atomic E-state index is 12.2. The molecule has 0 spiro atoms. The van der Waals surface area contributed by atoms with Gasteiger partial charge in [0.25, 0.3) is 6.48 Å². The molecule has 0 radical (unpaired) electrons. The summed E-state index contributed by atoms with van der Waals surface area (Å²) in [7, 11) is -0.665. The van der Waals surface area contributed by atoms with Crippen molar-refractivity contribution in [1.29, 1.82) is 0 Å². The van der Waals surface area contributed by atoms with Gasteiger partial charge in [-0.15, -0.1) is 0 Å². The highest BCUT2D eigenvalue weighted by Crippen LogP contribution is 2.47. The van der Waals surface area contributed by atoms with Gasteiger partial charge < -0.3 is 34.1 Å².